The predicted octanol–water partition coefficient (Wildman–Crippen LogP) is 2.10. The summed E-state index contributed by atoms with van der Waals surface area (Å²) in [5.74, 6) is 2.36. The highest BCUT2D eigenvalue weighted by atomic mass is 15.1. The maximum atomic E-state index is 4.52. The van der Waals surface area contributed by atoms with E-state index in [-0.39, 0.29) is 0 Å². The van der Waals surface area contributed by atoms with Crippen LogP contribution in [0.4, 0.5) is 0 Å². The molecule has 1 aromatic carbocycles. The van der Waals surface area contributed by atoms with Crippen LogP contribution < -0.4 is 5.32 Å². The van der Waals surface area contributed by atoms with Gasteiger partial charge in [-0.1, -0.05) is 30.3 Å². The molecule has 92 valence electrons. The second kappa shape index (κ2) is 4.82. The zero-order chi connectivity index (χ0) is 12.4. The molecule has 1 saturated carbocycles. The van der Waals surface area contributed by atoms with Crippen molar-refractivity contribution in [3.63, 3.8) is 0 Å². The molecule has 0 saturated heterocycles. The second-order valence-electron chi connectivity index (χ2n) is 4.64. The van der Waals surface area contributed by atoms with Gasteiger partial charge in [-0.15, -0.1) is 0 Å². The molecule has 0 bridgehead atoms. The molecule has 4 heteroatoms. The minimum absolute atomic E-state index is 0.669. The molecule has 2 aromatic rings. The number of rotatable bonds is 4. The lowest BCUT2D eigenvalue weighted by Crippen LogP contribution is -2.18. The summed E-state index contributed by atoms with van der Waals surface area (Å²) in [6.45, 7) is 2.64. The quantitative estimate of drug-likeness (QED) is 0.889. The van der Waals surface area contributed by atoms with Gasteiger partial charge in [-0.05, 0) is 19.8 Å². The predicted molar refractivity (Wildman–Crippen MR) is 69.9 cm³/mol. The molecule has 1 fully saturated rings. The number of aromatic nitrogens is 3. The smallest absolute Gasteiger partial charge is 0.163 e. The van der Waals surface area contributed by atoms with Crippen molar-refractivity contribution < 1.29 is 0 Å². The molecule has 1 heterocycles. The fourth-order valence-corrected chi connectivity index (χ4v) is 1.86. The van der Waals surface area contributed by atoms with E-state index in [0.717, 1.165) is 29.6 Å². The summed E-state index contributed by atoms with van der Waals surface area (Å²) in [5, 5.41) is 3.43. The van der Waals surface area contributed by atoms with Crippen molar-refractivity contribution in [2.45, 2.75) is 32.4 Å². The molecule has 0 radical (unpaired) electrons. The van der Waals surface area contributed by atoms with Crippen molar-refractivity contribution in [1.29, 1.82) is 0 Å². The SMILES string of the molecule is Cc1nc(CNC2CC2)nc(-c2ccccc2)n1. The highest BCUT2D eigenvalue weighted by Gasteiger charge is 2.20. The molecular weight excluding hydrogens is 224 g/mol. The van der Waals surface area contributed by atoms with Gasteiger partial charge in [-0.2, -0.15) is 0 Å². The third-order valence-corrected chi connectivity index (χ3v) is 2.95. The minimum atomic E-state index is 0.669. The van der Waals surface area contributed by atoms with Crippen molar-refractivity contribution in [1.82, 2.24) is 20.3 Å². The Hall–Kier alpha value is -1.81. The number of nitrogens with one attached hydrogen (secondary N) is 1. The standard InChI is InChI=1S/C14H16N4/c1-10-16-13(9-15-12-7-8-12)18-14(17-10)11-5-3-2-4-6-11/h2-6,12,15H,7-9H2,1H3. The van der Waals surface area contributed by atoms with E-state index in [2.05, 4.69) is 20.3 Å². The van der Waals surface area contributed by atoms with Gasteiger partial charge in [0.1, 0.15) is 11.6 Å². The summed E-state index contributed by atoms with van der Waals surface area (Å²) in [4.78, 5) is 13.3. The van der Waals surface area contributed by atoms with Crippen LogP contribution in [0.2, 0.25) is 0 Å². The molecule has 4 nitrogen and oxygen atoms in total. The first-order chi connectivity index (χ1) is 8.81. The van der Waals surface area contributed by atoms with Crippen LogP contribution in [-0.4, -0.2) is 21.0 Å². The van der Waals surface area contributed by atoms with Crippen LogP contribution in [-0.2, 0) is 6.54 Å². The van der Waals surface area contributed by atoms with Crippen LogP contribution in [0, 0.1) is 6.92 Å². The van der Waals surface area contributed by atoms with Crippen molar-refractivity contribution in [2.75, 3.05) is 0 Å². The number of nitrogens with zero attached hydrogens (tertiary/aromatic N) is 3. The average Bonchev–Trinajstić information content (AvgIpc) is 3.21. The summed E-state index contributed by atoms with van der Waals surface area (Å²) < 4.78 is 0. The Labute approximate surface area is 107 Å². The Balaban J connectivity index is 1.85. The van der Waals surface area contributed by atoms with Crippen molar-refractivity contribution >= 4 is 0 Å². The Kier molecular flexibility index (Phi) is 3.02. The van der Waals surface area contributed by atoms with E-state index in [9.17, 15) is 0 Å². The van der Waals surface area contributed by atoms with Crippen LogP contribution >= 0.6 is 0 Å². The van der Waals surface area contributed by atoms with Crippen LogP contribution in [0.15, 0.2) is 30.3 Å². The van der Waals surface area contributed by atoms with Gasteiger partial charge in [0.05, 0.1) is 6.54 Å². The van der Waals surface area contributed by atoms with E-state index < -0.39 is 0 Å². The van der Waals surface area contributed by atoms with Gasteiger partial charge in [-0.3, -0.25) is 0 Å². The first-order valence-corrected chi connectivity index (χ1v) is 6.31. The zero-order valence-electron chi connectivity index (χ0n) is 10.4. The zero-order valence-corrected chi connectivity index (χ0v) is 10.4. The maximum absolute atomic E-state index is 4.52. The van der Waals surface area contributed by atoms with Gasteiger partial charge in [0.15, 0.2) is 5.82 Å². The first-order valence-electron chi connectivity index (χ1n) is 6.31. The van der Waals surface area contributed by atoms with Gasteiger partial charge in [0.2, 0.25) is 0 Å². The summed E-state index contributed by atoms with van der Waals surface area (Å²) in [7, 11) is 0. The molecule has 0 amide bonds. The number of benzene rings is 1. The Morgan fingerprint density at radius 3 is 2.61 bits per heavy atom. The van der Waals surface area contributed by atoms with E-state index in [0.29, 0.717) is 6.04 Å². The largest absolute Gasteiger partial charge is 0.307 e. The highest BCUT2D eigenvalue weighted by molar-refractivity contribution is 5.54. The van der Waals surface area contributed by atoms with E-state index in [4.69, 9.17) is 0 Å². The lowest BCUT2D eigenvalue weighted by atomic mass is 10.2. The van der Waals surface area contributed by atoms with Gasteiger partial charge in [0.25, 0.3) is 0 Å². The summed E-state index contributed by atoms with van der Waals surface area (Å²) in [5.41, 5.74) is 1.04. The molecule has 1 aliphatic carbocycles. The van der Waals surface area contributed by atoms with Crippen molar-refractivity contribution in [2.24, 2.45) is 0 Å². The lowest BCUT2D eigenvalue weighted by molar-refractivity contribution is 0.651. The van der Waals surface area contributed by atoms with Crippen LogP contribution in [0.25, 0.3) is 11.4 Å². The monoisotopic (exact) mass is 240 g/mol. The molecule has 0 spiro atoms. The molecule has 0 unspecified atom stereocenters. The lowest BCUT2D eigenvalue weighted by Gasteiger charge is -2.06. The number of aryl methyl sites for hydroxylation is 1. The van der Waals surface area contributed by atoms with Gasteiger partial charge in [0, 0.05) is 11.6 Å². The van der Waals surface area contributed by atoms with E-state index >= 15 is 0 Å². The third-order valence-electron chi connectivity index (χ3n) is 2.95. The molecule has 18 heavy (non-hydrogen) atoms. The summed E-state index contributed by atoms with van der Waals surface area (Å²) in [6.07, 6.45) is 2.55. The molecule has 0 aliphatic heterocycles. The molecule has 1 aliphatic rings. The van der Waals surface area contributed by atoms with Crippen molar-refractivity contribution in [3.05, 3.63) is 42.0 Å². The molecule has 1 N–H and O–H groups in total. The second-order valence-corrected chi connectivity index (χ2v) is 4.64. The Bertz CT molecular complexity index is 535. The van der Waals surface area contributed by atoms with Crippen LogP contribution in [0.1, 0.15) is 24.5 Å². The molecule has 0 atom stereocenters. The van der Waals surface area contributed by atoms with Crippen LogP contribution in [0.5, 0.6) is 0 Å². The molecular formula is C14H16N4. The maximum Gasteiger partial charge on any atom is 0.163 e. The van der Waals surface area contributed by atoms with E-state index in [1.54, 1.807) is 0 Å². The Morgan fingerprint density at radius 1 is 1.11 bits per heavy atom. The van der Waals surface area contributed by atoms with E-state index in [1.807, 2.05) is 37.3 Å². The Morgan fingerprint density at radius 2 is 1.89 bits per heavy atom. The highest BCUT2D eigenvalue weighted by Crippen LogP contribution is 2.19. The van der Waals surface area contributed by atoms with Crippen molar-refractivity contribution in [3.8, 4) is 11.4 Å². The fourth-order valence-electron chi connectivity index (χ4n) is 1.86. The first kappa shape index (κ1) is 11.3. The van der Waals surface area contributed by atoms with Crippen LogP contribution in [0.3, 0.4) is 0 Å². The third kappa shape index (κ3) is 2.71. The average molecular weight is 240 g/mol. The van der Waals surface area contributed by atoms with E-state index in [1.165, 1.54) is 12.8 Å². The van der Waals surface area contributed by atoms with Gasteiger partial charge < -0.3 is 5.32 Å². The normalized spacial score (nSPS) is 14.7. The fraction of sp³-hybridized carbons (Fsp3) is 0.357. The number of hydrogen-bond donors (Lipinski definition) is 1. The number of hydrogen-bond acceptors (Lipinski definition) is 4. The van der Waals surface area contributed by atoms with Gasteiger partial charge in [-0.25, -0.2) is 15.0 Å². The minimum Gasteiger partial charge on any atom is -0.307 e. The summed E-state index contributed by atoms with van der Waals surface area (Å²) >= 11 is 0. The molecule has 1 aromatic heterocycles. The summed E-state index contributed by atoms with van der Waals surface area (Å²) in [6, 6.07) is 10.7. The molecule has 3 rings (SSSR count). The topological polar surface area (TPSA) is 50.7 Å². The van der Waals surface area contributed by atoms with Gasteiger partial charge >= 0.3 is 0 Å².